The summed E-state index contributed by atoms with van der Waals surface area (Å²) in [5, 5.41) is 13.7. The van der Waals surface area contributed by atoms with Crippen LogP contribution in [0.25, 0.3) is 22.5 Å². The molecule has 0 radical (unpaired) electrons. The zero-order valence-electron chi connectivity index (χ0n) is 16.6. The number of nitrogens with zero attached hydrogens (tertiary/aromatic N) is 2. The van der Waals surface area contributed by atoms with Crippen LogP contribution in [-0.2, 0) is 11.3 Å². The molecular weight excluding hydrogens is 375 g/mol. The lowest BCUT2D eigenvalue weighted by atomic mass is 10.1. The van der Waals surface area contributed by atoms with E-state index in [4.69, 9.17) is 19.7 Å². The number of benzene rings is 2. The Balaban J connectivity index is 2.08. The highest BCUT2D eigenvalue weighted by Gasteiger charge is 2.17. The molecule has 0 atom stereocenters. The zero-order chi connectivity index (χ0) is 21.0. The Labute approximate surface area is 168 Å². The maximum absolute atomic E-state index is 13.4. The molecule has 7 heteroatoms. The van der Waals surface area contributed by atoms with Gasteiger partial charge in [-0.2, -0.15) is 5.10 Å². The first-order valence-electron chi connectivity index (χ1n) is 9.24. The standard InChI is InChI=1S/C22H23FN2O4/c1-14(2)12-25-20(15-4-6-16(23)7-5-15)11-19(24-25)18-9-8-17(28-3)10-21(18)29-13-22(26)27/h4-11,14H,12-13H2,1-3H3,(H,26,27). The molecule has 29 heavy (non-hydrogen) atoms. The fraction of sp³-hybridized carbons (Fsp3) is 0.273. The Bertz CT molecular complexity index is 997. The van der Waals surface area contributed by atoms with Crippen molar-refractivity contribution in [2.24, 2.45) is 5.92 Å². The van der Waals surface area contributed by atoms with E-state index in [1.807, 2.05) is 10.7 Å². The van der Waals surface area contributed by atoms with E-state index in [2.05, 4.69) is 13.8 Å². The number of hydrogen-bond acceptors (Lipinski definition) is 4. The molecule has 6 nitrogen and oxygen atoms in total. The van der Waals surface area contributed by atoms with Gasteiger partial charge < -0.3 is 14.6 Å². The molecule has 3 aromatic rings. The number of carboxylic acids is 1. The summed E-state index contributed by atoms with van der Waals surface area (Å²) in [6.07, 6.45) is 0. The Hall–Kier alpha value is -3.35. The summed E-state index contributed by atoms with van der Waals surface area (Å²) in [4.78, 5) is 11.0. The summed E-state index contributed by atoms with van der Waals surface area (Å²) in [6, 6.07) is 13.3. The molecule has 0 spiro atoms. The van der Waals surface area contributed by atoms with E-state index in [0.29, 0.717) is 35.2 Å². The predicted molar refractivity (Wildman–Crippen MR) is 108 cm³/mol. The lowest BCUT2D eigenvalue weighted by Crippen LogP contribution is -2.10. The van der Waals surface area contributed by atoms with Crippen molar-refractivity contribution >= 4 is 5.97 Å². The molecule has 0 fully saturated rings. The topological polar surface area (TPSA) is 73.6 Å². The molecule has 0 amide bonds. The van der Waals surface area contributed by atoms with E-state index in [-0.39, 0.29) is 5.82 Å². The average molecular weight is 398 g/mol. The number of hydrogen-bond donors (Lipinski definition) is 1. The lowest BCUT2D eigenvalue weighted by molar-refractivity contribution is -0.139. The van der Waals surface area contributed by atoms with Crippen molar-refractivity contribution in [1.29, 1.82) is 0 Å². The normalized spacial score (nSPS) is 10.9. The maximum Gasteiger partial charge on any atom is 0.341 e. The summed E-state index contributed by atoms with van der Waals surface area (Å²) < 4.78 is 25.9. The Morgan fingerprint density at radius 3 is 2.52 bits per heavy atom. The van der Waals surface area contributed by atoms with Gasteiger partial charge in [-0.3, -0.25) is 4.68 Å². The minimum atomic E-state index is -1.07. The molecule has 152 valence electrons. The summed E-state index contributed by atoms with van der Waals surface area (Å²) in [5.41, 5.74) is 2.96. The van der Waals surface area contributed by atoms with Crippen LogP contribution in [-0.4, -0.2) is 34.6 Å². The Kier molecular flexibility index (Phi) is 6.16. The van der Waals surface area contributed by atoms with Gasteiger partial charge in [0.2, 0.25) is 0 Å². The zero-order valence-corrected chi connectivity index (χ0v) is 16.6. The highest BCUT2D eigenvalue weighted by atomic mass is 19.1. The van der Waals surface area contributed by atoms with Gasteiger partial charge in [-0.15, -0.1) is 0 Å². The number of carbonyl (C=O) groups is 1. The number of carboxylic acid groups (broad SMARTS) is 1. The van der Waals surface area contributed by atoms with E-state index < -0.39 is 12.6 Å². The first kappa shape index (κ1) is 20.4. The predicted octanol–water partition coefficient (Wildman–Crippen LogP) is 4.48. The van der Waals surface area contributed by atoms with Crippen LogP contribution in [0.2, 0.25) is 0 Å². The molecule has 2 aromatic carbocycles. The van der Waals surface area contributed by atoms with Crippen LogP contribution in [0.1, 0.15) is 13.8 Å². The van der Waals surface area contributed by atoms with Gasteiger partial charge in [0, 0.05) is 23.7 Å². The van der Waals surface area contributed by atoms with Crippen LogP contribution >= 0.6 is 0 Å². The van der Waals surface area contributed by atoms with E-state index in [1.165, 1.54) is 19.2 Å². The Morgan fingerprint density at radius 2 is 1.90 bits per heavy atom. The quantitative estimate of drug-likeness (QED) is 0.605. The first-order chi connectivity index (χ1) is 13.9. The molecule has 0 saturated carbocycles. The second-order valence-electron chi connectivity index (χ2n) is 7.04. The summed E-state index contributed by atoms with van der Waals surface area (Å²) in [7, 11) is 1.53. The number of methoxy groups -OCH3 is 1. The van der Waals surface area contributed by atoms with Gasteiger partial charge in [-0.25, -0.2) is 9.18 Å². The van der Waals surface area contributed by atoms with Crippen molar-refractivity contribution in [2.75, 3.05) is 13.7 Å². The third-order valence-corrected chi connectivity index (χ3v) is 4.27. The minimum absolute atomic E-state index is 0.302. The van der Waals surface area contributed by atoms with Gasteiger partial charge in [0.1, 0.15) is 17.3 Å². The van der Waals surface area contributed by atoms with Gasteiger partial charge >= 0.3 is 5.97 Å². The fourth-order valence-corrected chi connectivity index (χ4v) is 2.99. The number of aromatic nitrogens is 2. The van der Waals surface area contributed by atoms with Crippen molar-refractivity contribution < 1.29 is 23.8 Å². The average Bonchev–Trinajstić information content (AvgIpc) is 3.09. The molecular formula is C22H23FN2O4. The van der Waals surface area contributed by atoms with Gasteiger partial charge in [0.05, 0.1) is 18.5 Å². The van der Waals surface area contributed by atoms with E-state index in [9.17, 15) is 9.18 Å². The van der Waals surface area contributed by atoms with Gasteiger partial charge in [0.25, 0.3) is 0 Å². The van der Waals surface area contributed by atoms with E-state index in [1.54, 1.807) is 30.3 Å². The molecule has 0 aliphatic heterocycles. The molecule has 1 N–H and O–H groups in total. The van der Waals surface area contributed by atoms with Gasteiger partial charge in [-0.1, -0.05) is 13.8 Å². The van der Waals surface area contributed by atoms with Gasteiger partial charge in [-0.05, 0) is 48.4 Å². The molecule has 1 heterocycles. The first-order valence-corrected chi connectivity index (χ1v) is 9.24. The Morgan fingerprint density at radius 1 is 1.17 bits per heavy atom. The molecule has 0 aliphatic rings. The van der Waals surface area contributed by atoms with Crippen LogP contribution in [0, 0.1) is 11.7 Å². The highest BCUT2D eigenvalue weighted by Crippen LogP contribution is 2.35. The van der Waals surface area contributed by atoms with Crippen molar-refractivity contribution in [3.63, 3.8) is 0 Å². The largest absolute Gasteiger partial charge is 0.497 e. The fourth-order valence-electron chi connectivity index (χ4n) is 2.99. The monoisotopic (exact) mass is 398 g/mol. The van der Waals surface area contributed by atoms with Crippen LogP contribution < -0.4 is 9.47 Å². The molecule has 0 unspecified atom stereocenters. The van der Waals surface area contributed by atoms with E-state index in [0.717, 1.165) is 11.3 Å². The smallest absolute Gasteiger partial charge is 0.341 e. The van der Waals surface area contributed by atoms with Gasteiger partial charge in [0.15, 0.2) is 6.61 Å². The molecule has 0 saturated heterocycles. The number of ether oxygens (including phenoxy) is 2. The van der Waals surface area contributed by atoms with Crippen molar-refractivity contribution in [2.45, 2.75) is 20.4 Å². The van der Waals surface area contributed by atoms with E-state index >= 15 is 0 Å². The third-order valence-electron chi connectivity index (χ3n) is 4.27. The minimum Gasteiger partial charge on any atom is -0.497 e. The molecule has 3 rings (SSSR count). The third kappa shape index (κ3) is 4.93. The maximum atomic E-state index is 13.4. The number of halogens is 1. The lowest BCUT2D eigenvalue weighted by Gasteiger charge is -2.11. The summed E-state index contributed by atoms with van der Waals surface area (Å²) in [6.45, 7) is 4.38. The van der Waals surface area contributed by atoms with Crippen LogP contribution in [0.3, 0.4) is 0 Å². The van der Waals surface area contributed by atoms with Crippen molar-refractivity contribution in [1.82, 2.24) is 9.78 Å². The number of rotatable bonds is 8. The molecule has 1 aromatic heterocycles. The SMILES string of the molecule is COc1ccc(-c2cc(-c3ccc(F)cc3)n(CC(C)C)n2)c(OCC(=O)O)c1. The van der Waals surface area contributed by atoms with Crippen molar-refractivity contribution in [3.05, 3.63) is 54.3 Å². The summed E-state index contributed by atoms with van der Waals surface area (Å²) in [5.74, 6) is -0.110. The molecule has 0 bridgehead atoms. The second-order valence-corrected chi connectivity index (χ2v) is 7.04. The van der Waals surface area contributed by atoms with Crippen LogP contribution in [0.15, 0.2) is 48.5 Å². The number of aliphatic carboxylic acids is 1. The summed E-state index contributed by atoms with van der Waals surface area (Å²) >= 11 is 0. The van der Waals surface area contributed by atoms with Crippen LogP contribution in [0.4, 0.5) is 4.39 Å². The van der Waals surface area contributed by atoms with Crippen molar-refractivity contribution in [3.8, 4) is 34.0 Å². The second kappa shape index (κ2) is 8.77. The molecule has 0 aliphatic carbocycles. The highest BCUT2D eigenvalue weighted by molar-refractivity contribution is 5.74. The van der Waals surface area contributed by atoms with Crippen LogP contribution in [0.5, 0.6) is 11.5 Å².